The van der Waals surface area contributed by atoms with E-state index in [1.165, 1.54) is 0 Å². The average Bonchev–Trinajstić information content (AvgIpc) is 2.95. The van der Waals surface area contributed by atoms with Crippen LogP contribution in [0.3, 0.4) is 0 Å². The standard InChI is InChI=1S/C18H15ClO3/c19-15-8-9-16-14(11-15)12-17(22-16)18(20)21-10-4-7-13-5-2-1-3-6-13/h1-9,11,17H,10,12H2/b7-4+. The molecular weight excluding hydrogens is 300 g/mol. The minimum Gasteiger partial charge on any atom is -0.478 e. The van der Waals surface area contributed by atoms with Crippen molar-refractivity contribution in [2.45, 2.75) is 12.5 Å². The summed E-state index contributed by atoms with van der Waals surface area (Å²) in [6.07, 6.45) is 3.64. The van der Waals surface area contributed by atoms with E-state index < -0.39 is 6.10 Å². The molecule has 2 aromatic rings. The zero-order valence-electron chi connectivity index (χ0n) is 11.9. The van der Waals surface area contributed by atoms with Gasteiger partial charge in [-0.1, -0.05) is 48.0 Å². The van der Waals surface area contributed by atoms with Gasteiger partial charge in [0.25, 0.3) is 0 Å². The van der Waals surface area contributed by atoms with Crippen molar-refractivity contribution >= 4 is 23.6 Å². The molecule has 1 unspecified atom stereocenters. The molecule has 0 aromatic heterocycles. The van der Waals surface area contributed by atoms with Crippen LogP contribution in [0.4, 0.5) is 0 Å². The van der Waals surface area contributed by atoms with Gasteiger partial charge in [-0.05, 0) is 35.4 Å². The number of fused-ring (bicyclic) bond motifs is 1. The average molecular weight is 315 g/mol. The lowest BCUT2D eigenvalue weighted by atomic mass is 10.1. The van der Waals surface area contributed by atoms with Gasteiger partial charge in [0.2, 0.25) is 0 Å². The second-order valence-corrected chi connectivity index (χ2v) is 5.44. The number of benzene rings is 2. The van der Waals surface area contributed by atoms with Crippen LogP contribution in [0.1, 0.15) is 11.1 Å². The fraction of sp³-hybridized carbons (Fsp3) is 0.167. The van der Waals surface area contributed by atoms with Gasteiger partial charge in [-0.15, -0.1) is 0 Å². The van der Waals surface area contributed by atoms with E-state index in [0.717, 1.165) is 11.1 Å². The predicted molar refractivity (Wildman–Crippen MR) is 86.0 cm³/mol. The highest BCUT2D eigenvalue weighted by molar-refractivity contribution is 6.30. The van der Waals surface area contributed by atoms with Crippen molar-refractivity contribution in [3.8, 4) is 5.75 Å². The van der Waals surface area contributed by atoms with Gasteiger partial charge >= 0.3 is 5.97 Å². The Labute approximate surface area is 134 Å². The van der Waals surface area contributed by atoms with E-state index in [4.69, 9.17) is 21.1 Å². The second kappa shape index (κ2) is 6.67. The molecule has 1 aliphatic rings. The van der Waals surface area contributed by atoms with E-state index in [0.29, 0.717) is 17.2 Å². The van der Waals surface area contributed by atoms with Crippen molar-refractivity contribution in [3.63, 3.8) is 0 Å². The Morgan fingerprint density at radius 3 is 2.91 bits per heavy atom. The molecule has 22 heavy (non-hydrogen) atoms. The smallest absolute Gasteiger partial charge is 0.348 e. The molecule has 2 aromatic carbocycles. The predicted octanol–water partition coefficient (Wildman–Crippen LogP) is 3.90. The molecule has 3 rings (SSSR count). The van der Waals surface area contributed by atoms with Gasteiger partial charge in [-0.3, -0.25) is 0 Å². The van der Waals surface area contributed by atoms with Gasteiger partial charge in [0, 0.05) is 11.4 Å². The van der Waals surface area contributed by atoms with Crippen LogP contribution in [0.5, 0.6) is 5.75 Å². The summed E-state index contributed by atoms with van der Waals surface area (Å²) in [5, 5.41) is 0.641. The summed E-state index contributed by atoms with van der Waals surface area (Å²) in [5.74, 6) is 0.344. The number of rotatable bonds is 4. The number of esters is 1. The van der Waals surface area contributed by atoms with Gasteiger partial charge in [-0.25, -0.2) is 4.79 Å². The first kappa shape index (κ1) is 14.7. The molecule has 0 fully saturated rings. The molecule has 0 bridgehead atoms. The zero-order valence-corrected chi connectivity index (χ0v) is 12.6. The van der Waals surface area contributed by atoms with Crippen molar-refractivity contribution in [1.29, 1.82) is 0 Å². The Kier molecular flexibility index (Phi) is 4.45. The van der Waals surface area contributed by atoms with Crippen LogP contribution in [-0.2, 0) is 16.0 Å². The Morgan fingerprint density at radius 2 is 2.09 bits per heavy atom. The maximum absolute atomic E-state index is 12.0. The molecule has 3 nitrogen and oxygen atoms in total. The third-order valence-corrected chi connectivity index (χ3v) is 3.63. The van der Waals surface area contributed by atoms with Crippen LogP contribution in [0, 0.1) is 0 Å². The lowest BCUT2D eigenvalue weighted by Crippen LogP contribution is -2.27. The SMILES string of the molecule is O=C(OC/C=C/c1ccccc1)C1Cc2cc(Cl)ccc2O1. The van der Waals surface area contributed by atoms with E-state index in [1.807, 2.05) is 48.6 Å². The van der Waals surface area contributed by atoms with Crippen molar-refractivity contribution in [2.75, 3.05) is 6.61 Å². The molecule has 0 saturated heterocycles. The van der Waals surface area contributed by atoms with Crippen molar-refractivity contribution in [2.24, 2.45) is 0 Å². The summed E-state index contributed by atoms with van der Waals surface area (Å²) in [6.45, 7) is 0.227. The lowest BCUT2D eigenvalue weighted by molar-refractivity contribution is -0.149. The fourth-order valence-corrected chi connectivity index (χ4v) is 2.51. The number of hydrogen-bond acceptors (Lipinski definition) is 3. The number of carbonyl (C=O) groups excluding carboxylic acids is 1. The van der Waals surface area contributed by atoms with E-state index in [-0.39, 0.29) is 12.6 Å². The Balaban J connectivity index is 1.51. The van der Waals surface area contributed by atoms with Crippen molar-refractivity contribution in [1.82, 2.24) is 0 Å². The molecule has 1 atom stereocenters. The maximum atomic E-state index is 12.0. The van der Waals surface area contributed by atoms with E-state index in [9.17, 15) is 4.79 Å². The number of halogens is 1. The van der Waals surface area contributed by atoms with E-state index in [2.05, 4.69) is 0 Å². The molecule has 0 aliphatic carbocycles. The first-order chi connectivity index (χ1) is 10.7. The second-order valence-electron chi connectivity index (χ2n) is 5.01. The van der Waals surface area contributed by atoms with Crippen molar-refractivity contribution < 1.29 is 14.3 Å². The quantitative estimate of drug-likeness (QED) is 0.803. The van der Waals surface area contributed by atoms with Crippen LogP contribution >= 0.6 is 11.6 Å². The van der Waals surface area contributed by atoms with Crippen LogP contribution in [0.25, 0.3) is 6.08 Å². The van der Waals surface area contributed by atoms with E-state index >= 15 is 0 Å². The monoisotopic (exact) mass is 314 g/mol. The largest absolute Gasteiger partial charge is 0.478 e. The van der Waals surface area contributed by atoms with Crippen LogP contribution < -0.4 is 4.74 Å². The Morgan fingerprint density at radius 1 is 1.27 bits per heavy atom. The fourth-order valence-electron chi connectivity index (χ4n) is 2.32. The molecule has 1 heterocycles. The summed E-state index contributed by atoms with van der Waals surface area (Å²) in [5.41, 5.74) is 2.01. The van der Waals surface area contributed by atoms with Crippen LogP contribution in [-0.4, -0.2) is 18.7 Å². The Bertz CT molecular complexity index is 695. The van der Waals surface area contributed by atoms with Crippen molar-refractivity contribution in [3.05, 3.63) is 70.8 Å². The first-order valence-corrected chi connectivity index (χ1v) is 7.43. The molecule has 0 saturated carbocycles. The maximum Gasteiger partial charge on any atom is 0.348 e. The molecule has 0 N–H and O–H groups in total. The molecule has 4 heteroatoms. The topological polar surface area (TPSA) is 35.5 Å². The number of ether oxygens (including phenoxy) is 2. The van der Waals surface area contributed by atoms with Gasteiger partial charge in [0.1, 0.15) is 12.4 Å². The highest BCUT2D eigenvalue weighted by Gasteiger charge is 2.30. The van der Waals surface area contributed by atoms with Gasteiger partial charge in [0.15, 0.2) is 6.10 Å². The highest BCUT2D eigenvalue weighted by Crippen LogP contribution is 2.31. The number of hydrogen-bond donors (Lipinski definition) is 0. The summed E-state index contributed by atoms with van der Waals surface area (Å²) in [4.78, 5) is 12.0. The third kappa shape index (κ3) is 3.49. The normalized spacial score (nSPS) is 16.3. The molecule has 1 aliphatic heterocycles. The third-order valence-electron chi connectivity index (χ3n) is 3.39. The summed E-state index contributed by atoms with van der Waals surface area (Å²) < 4.78 is 10.8. The molecular formula is C18H15ClO3. The Hall–Kier alpha value is -2.26. The molecule has 0 radical (unpaired) electrons. The molecule has 112 valence electrons. The van der Waals surface area contributed by atoms with Crippen LogP contribution in [0.2, 0.25) is 5.02 Å². The summed E-state index contributed by atoms with van der Waals surface area (Å²) in [7, 11) is 0. The van der Waals surface area contributed by atoms with Crippen LogP contribution in [0.15, 0.2) is 54.6 Å². The van der Waals surface area contributed by atoms with Gasteiger partial charge in [-0.2, -0.15) is 0 Å². The highest BCUT2D eigenvalue weighted by atomic mass is 35.5. The summed E-state index contributed by atoms with van der Waals surface area (Å²) >= 11 is 5.93. The summed E-state index contributed by atoms with van der Waals surface area (Å²) in [6, 6.07) is 15.2. The van der Waals surface area contributed by atoms with E-state index in [1.54, 1.807) is 12.1 Å². The molecule has 0 spiro atoms. The zero-order chi connectivity index (χ0) is 15.4. The minimum atomic E-state index is -0.585. The first-order valence-electron chi connectivity index (χ1n) is 7.06. The molecule has 0 amide bonds. The lowest BCUT2D eigenvalue weighted by Gasteiger charge is -2.09. The minimum absolute atomic E-state index is 0.227. The van der Waals surface area contributed by atoms with Gasteiger partial charge < -0.3 is 9.47 Å². The van der Waals surface area contributed by atoms with Gasteiger partial charge in [0.05, 0.1) is 0 Å². The number of carbonyl (C=O) groups is 1.